The summed E-state index contributed by atoms with van der Waals surface area (Å²) < 4.78 is 0. The first-order chi connectivity index (χ1) is 12.1. The predicted octanol–water partition coefficient (Wildman–Crippen LogP) is 5.17. The topological polar surface area (TPSA) is 61.1 Å². The summed E-state index contributed by atoms with van der Waals surface area (Å²) in [5, 5.41) is 17.2. The molecule has 1 N–H and O–H groups in total. The third kappa shape index (κ3) is 5.33. The van der Waals surface area contributed by atoms with Crippen molar-refractivity contribution in [2.75, 3.05) is 0 Å². The van der Waals surface area contributed by atoms with Gasteiger partial charge >= 0.3 is 5.97 Å². The third-order valence-corrected chi connectivity index (χ3v) is 3.73. The molecule has 0 saturated carbocycles. The highest BCUT2D eigenvalue weighted by Crippen LogP contribution is 2.18. The molecule has 0 fully saturated rings. The highest BCUT2D eigenvalue weighted by Gasteiger charge is 1.99. The number of benzene rings is 3. The fourth-order valence-electron chi connectivity index (χ4n) is 2.25. The van der Waals surface area contributed by atoms with E-state index < -0.39 is 5.97 Å². The maximum absolute atomic E-state index is 10.4. The Balaban J connectivity index is 0.000000186. The van der Waals surface area contributed by atoms with Crippen LogP contribution >= 0.6 is 0 Å². The van der Waals surface area contributed by atoms with E-state index in [9.17, 15) is 4.79 Å². The van der Waals surface area contributed by atoms with Gasteiger partial charge in [0.1, 0.15) is 0 Å². The molecule has 0 spiro atoms. The van der Waals surface area contributed by atoms with Gasteiger partial charge in [0.2, 0.25) is 0 Å². The molecule has 3 rings (SSSR count). The molecule has 3 aromatic rings. The molecule has 0 amide bonds. The van der Waals surface area contributed by atoms with Crippen LogP contribution in [0.15, 0.2) is 78.9 Å². The lowest BCUT2D eigenvalue weighted by Gasteiger charge is -1.99. The second-order valence-electron chi connectivity index (χ2n) is 5.41. The quantitative estimate of drug-likeness (QED) is 0.721. The maximum atomic E-state index is 10.4. The van der Waals surface area contributed by atoms with E-state index in [1.54, 1.807) is 12.1 Å². The second-order valence-corrected chi connectivity index (χ2v) is 5.41. The summed E-state index contributed by atoms with van der Waals surface area (Å²) in [6, 6.07) is 26.8. The van der Waals surface area contributed by atoms with Crippen LogP contribution in [0.5, 0.6) is 0 Å². The standard InChI is InChI=1S/C13H9N.C9H10O2/c14-10-11-6-8-13(9-7-11)12-4-2-1-3-5-12;1-2-7-3-5-8(6-4-7)9(10)11/h1-9H;3-6H,2H2,1H3,(H,10,11). The summed E-state index contributed by atoms with van der Waals surface area (Å²) in [6.07, 6.45) is 0.944. The van der Waals surface area contributed by atoms with E-state index in [0.717, 1.165) is 17.5 Å². The average Bonchev–Trinajstić information content (AvgIpc) is 2.69. The number of hydrogen-bond acceptors (Lipinski definition) is 2. The molecule has 0 aliphatic rings. The lowest BCUT2D eigenvalue weighted by Crippen LogP contribution is -1.95. The van der Waals surface area contributed by atoms with E-state index >= 15 is 0 Å². The molecule has 0 aliphatic carbocycles. The molecule has 0 radical (unpaired) electrons. The average molecular weight is 329 g/mol. The minimum atomic E-state index is -0.868. The molecule has 3 nitrogen and oxygen atoms in total. The molecule has 0 atom stereocenters. The van der Waals surface area contributed by atoms with Gasteiger partial charge < -0.3 is 5.11 Å². The first-order valence-corrected chi connectivity index (χ1v) is 8.02. The van der Waals surface area contributed by atoms with Gasteiger partial charge in [-0.25, -0.2) is 4.79 Å². The van der Waals surface area contributed by atoms with E-state index in [-0.39, 0.29) is 0 Å². The molecule has 3 heteroatoms. The van der Waals surface area contributed by atoms with Crippen molar-refractivity contribution in [1.29, 1.82) is 5.26 Å². The zero-order chi connectivity index (χ0) is 18.1. The molecule has 0 aliphatic heterocycles. The lowest BCUT2D eigenvalue weighted by molar-refractivity contribution is 0.0697. The van der Waals surface area contributed by atoms with Crippen molar-refractivity contribution >= 4 is 5.97 Å². The van der Waals surface area contributed by atoms with Crippen LogP contribution in [0.1, 0.15) is 28.4 Å². The van der Waals surface area contributed by atoms with Crippen LogP contribution in [-0.4, -0.2) is 11.1 Å². The van der Waals surface area contributed by atoms with Crippen molar-refractivity contribution in [1.82, 2.24) is 0 Å². The number of carboxylic acids is 1. The molecule has 0 saturated heterocycles. The van der Waals surface area contributed by atoms with Crippen LogP contribution in [0.2, 0.25) is 0 Å². The fraction of sp³-hybridized carbons (Fsp3) is 0.0909. The van der Waals surface area contributed by atoms with Gasteiger partial charge in [0.25, 0.3) is 0 Å². The molecule has 124 valence electrons. The van der Waals surface area contributed by atoms with Gasteiger partial charge in [0.15, 0.2) is 0 Å². The van der Waals surface area contributed by atoms with Crippen molar-refractivity contribution in [3.05, 3.63) is 95.6 Å². The molecular weight excluding hydrogens is 310 g/mol. The van der Waals surface area contributed by atoms with E-state index in [0.29, 0.717) is 11.1 Å². The molecule has 25 heavy (non-hydrogen) atoms. The number of carbonyl (C=O) groups is 1. The zero-order valence-electron chi connectivity index (χ0n) is 14.0. The van der Waals surface area contributed by atoms with Crippen LogP contribution in [-0.2, 0) is 6.42 Å². The minimum absolute atomic E-state index is 0.349. The van der Waals surface area contributed by atoms with Crippen molar-refractivity contribution in [2.24, 2.45) is 0 Å². The van der Waals surface area contributed by atoms with E-state index in [1.807, 2.05) is 61.5 Å². The third-order valence-electron chi connectivity index (χ3n) is 3.73. The first kappa shape index (κ1) is 18.0. The number of rotatable bonds is 3. The Morgan fingerprint density at radius 3 is 1.92 bits per heavy atom. The maximum Gasteiger partial charge on any atom is 0.335 e. The largest absolute Gasteiger partial charge is 0.478 e. The SMILES string of the molecule is CCc1ccc(C(=O)O)cc1.N#Cc1ccc(-c2ccccc2)cc1. The summed E-state index contributed by atoms with van der Waals surface area (Å²) in [5.74, 6) is -0.868. The Kier molecular flexibility index (Phi) is 6.50. The Morgan fingerprint density at radius 1 is 0.880 bits per heavy atom. The summed E-state index contributed by atoms with van der Waals surface area (Å²) in [6.45, 7) is 2.04. The molecular formula is C22H19NO2. The van der Waals surface area contributed by atoms with Crippen molar-refractivity contribution in [3.8, 4) is 17.2 Å². The molecule has 0 aromatic heterocycles. The number of hydrogen-bond donors (Lipinski definition) is 1. The molecule has 0 heterocycles. The van der Waals surface area contributed by atoms with Crippen LogP contribution in [0, 0.1) is 11.3 Å². The van der Waals surface area contributed by atoms with Crippen molar-refractivity contribution < 1.29 is 9.90 Å². The lowest BCUT2D eigenvalue weighted by atomic mass is 10.0. The van der Waals surface area contributed by atoms with Gasteiger partial charge in [0, 0.05) is 0 Å². The monoisotopic (exact) mass is 329 g/mol. The van der Waals surface area contributed by atoms with Gasteiger partial charge in [-0.1, -0.05) is 61.5 Å². The fourth-order valence-corrected chi connectivity index (χ4v) is 2.25. The molecule has 3 aromatic carbocycles. The van der Waals surface area contributed by atoms with Crippen LogP contribution < -0.4 is 0 Å². The number of aromatic carboxylic acids is 1. The number of nitriles is 1. The Hall–Kier alpha value is -3.38. The highest BCUT2D eigenvalue weighted by atomic mass is 16.4. The van der Waals surface area contributed by atoms with Gasteiger partial charge in [-0.3, -0.25) is 0 Å². The van der Waals surface area contributed by atoms with Gasteiger partial charge in [0.05, 0.1) is 17.2 Å². The zero-order valence-corrected chi connectivity index (χ0v) is 14.0. The Bertz CT molecular complexity index is 845. The van der Waals surface area contributed by atoms with E-state index in [2.05, 4.69) is 18.2 Å². The van der Waals surface area contributed by atoms with E-state index in [4.69, 9.17) is 10.4 Å². The smallest absolute Gasteiger partial charge is 0.335 e. The Labute approximate surface area is 147 Å². The van der Waals surface area contributed by atoms with Gasteiger partial charge in [-0.15, -0.1) is 0 Å². The molecule has 0 bridgehead atoms. The van der Waals surface area contributed by atoms with Gasteiger partial charge in [-0.2, -0.15) is 5.26 Å². The number of nitrogens with zero attached hydrogens (tertiary/aromatic N) is 1. The van der Waals surface area contributed by atoms with Crippen LogP contribution in [0.4, 0.5) is 0 Å². The van der Waals surface area contributed by atoms with Crippen molar-refractivity contribution in [2.45, 2.75) is 13.3 Å². The van der Waals surface area contributed by atoms with E-state index in [1.165, 1.54) is 5.56 Å². The highest BCUT2D eigenvalue weighted by molar-refractivity contribution is 5.87. The van der Waals surface area contributed by atoms with Crippen LogP contribution in [0.3, 0.4) is 0 Å². The minimum Gasteiger partial charge on any atom is -0.478 e. The number of carboxylic acid groups (broad SMARTS) is 1. The first-order valence-electron chi connectivity index (χ1n) is 8.02. The van der Waals surface area contributed by atoms with Crippen molar-refractivity contribution in [3.63, 3.8) is 0 Å². The summed E-state index contributed by atoms with van der Waals surface area (Å²) >= 11 is 0. The Morgan fingerprint density at radius 2 is 1.44 bits per heavy atom. The van der Waals surface area contributed by atoms with Gasteiger partial charge in [-0.05, 0) is 47.4 Å². The number of aryl methyl sites for hydroxylation is 1. The normalized spacial score (nSPS) is 9.44. The summed E-state index contributed by atoms with van der Waals surface area (Å²) in [7, 11) is 0. The summed E-state index contributed by atoms with van der Waals surface area (Å²) in [5.41, 5.74) is 4.53. The second kappa shape index (κ2) is 9.05. The predicted molar refractivity (Wildman–Crippen MR) is 99.4 cm³/mol. The molecule has 0 unspecified atom stereocenters. The summed E-state index contributed by atoms with van der Waals surface area (Å²) in [4.78, 5) is 10.4. The van der Waals surface area contributed by atoms with Crippen LogP contribution in [0.25, 0.3) is 11.1 Å².